The minimum Gasteiger partial charge on any atom is -0.464 e. The Kier molecular flexibility index (Phi) is 21.6. The van der Waals surface area contributed by atoms with Crippen molar-refractivity contribution in [2.24, 2.45) is 17.2 Å². The van der Waals surface area contributed by atoms with Gasteiger partial charge < -0.3 is 50.5 Å². The maximum atomic E-state index is 13.8. The minimum absolute atomic E-state index is 0.0223. The van der Waals surface area contributed by atoms with Gasteiger partial charge in [-0.2, -0.15) is 0 Å². The number of carbonyl (C=O) groups is 5. The summed E-state index contributed by atoms with van der Waals surface area (Å²) in [7, 11) is 1.26. The number of ketones is 1. The molecule has 27 heteroatoms. The Bertz CT molecular complexity index is 3150. The van der Waals surface area contributed by atoms with E-state index in [1.165, 1.54) is 16.9 Å². The number of nitrogens with zero attached hydrogens (tertiary/aromatic N) is 8. The van der Waals surface area contributed by atoms with Crippen LogP contribution in [0.4, 0.5) is 39.5 Å². The Labute approximate surface area is 467 Å². The van der Waals surface area contributed by atoms with E-state index >= 15 is 0 Å². The molecule has 0 spiro atoms. The summed E-state index contributed by atoms with van der Waals surface area (Å²) >= 11 is 0. The topological polar surface area (TPSA) is 240 Å². The van der Waals surface area contributed by atoms with Gasteiger partial charge >= 0.3 is 5.97 Å². The molecule has 3 aliphatic heterocycles. The monoisotopic (exact) mass is 1160 g/mol. The Hall–Kier alpha value is -7.23. The van der Waals surface area contributed by atoms with Crippen molar-refractivity contribution in [1.29, 1.82) is 0 Å². The first-order valence-corrected chi connectivity index (χ1v) is 26.3. The van der Waals surface area contributed by atoms with Crippen LogP contribution in [-0.2, 0) is 74.1 Å². The molecule has 0 unspecified atom stereocenters. The first-order chi connectivity index (χ1) is 38.5. The molecule has 3 amide bonds. The molecule has 5 heterocycles. The number of methoxy groups -OCH3 is 1. The SMILES string of the molecule is CC(C)(C)OC[C@@H]1C(=O)CCCN1C(=O)C[C@H](N)Cc1cc(F)c(F)cc1F.COC(=O)c1nc(C)n2c1CN(C(=O)C[C@H](N)Cc1cc(F)c(F)cc1F)CC2.Cc1nnc2n1CCN(C(=O)C[C@H](N)Cc1cc(F)c(F)cc1F)C2. The Morgan fingerprint density at radius 3 is 1.50 bits per heavy atom. The highest BCUT2D eigenvalue weighted by molar-refractivity contribution is 5.90. The van der Waals surface area contributed by atoms with Gasteiger partial charge in [0.1, 0.15) is 35.1 Å². The summed E-state index contributed by atoms with van der Waals surface area (Å²) in [5, 5.41) is 8.00. The number of hydrogen-bond acceptors (Lipinski definition) is 13. The van der Waals surface area contributed by atoms with Crippen LogP contribution in [0.5, 0.6) is 0 Å². The number of Topliss-reactive ketones (excluding diaryl/α,β-unsaturated/α-hetero) is 1. The largest absolute Gasteiger partial charge is 0.464 e. The first-order valence-electron chi connectivity index (χ1n) is 26.3. The normalized spacial score (nSPS) is 16.2. The summed E-state index contributed by atoms with van der Waals surface area (Å²) in [6.07, 6.45) is 0.366. The van der Waals surface area contributed by atoms with Gasteiger partial charge in [0.15, 0.2) is 52.2 Å². The summed E-state index contributed by atoms with van der Waals surface area (Å²) in [6, 6.07) is 0.730. The molecule has 1 saturated heterocycles. The molecule has 1 fully saturated rings. The molecule has 3 aliphatic rings. The van der Waals surface area contributed by atoms with Crippen molar-refractivity contribution >= 4 is 29.5 Å². The summed E-state index contributed by atoms with van der Waals surface area (Å²) in [5.41, 5.74) is 17.9. The molecule has 4 atom stereocenters. The van der Waals surface area contributed by atoms with Crippen molar-refractivity contribution in [2.45, 2.75) is 142 Å². The highest BCUT2D eigenvalue weighted by Gasteiger charge is 2.35. The zero-order chi connectivity index (χ0) is 60.5. The van der Waals surface area contributed by atoms with E-state index in [0.717, 1.165) is 24.0 Å². The second kappa shape index (κ2) is 27.7. The lowest BCUT2D eigenvalue weighted by molar-refractivity contribution is -0.147. The number of halogens is 9. The molecule has 3 aromatic carbocycles. The van der Waals surface area contributed by atoms with E-state index in [9.17, 15) is 63.5 Å². The van der Waals surface area contributed by atoms with Gasteiger partial charge in [-0.15, -0.1) is 10.2 Å². The van der Waals surface area contributed by atoms with Gasteiger partial charge in [0.25, 0.3) is 0 Å². The highest BCUT2D eigenvalue weighted by atomic mass is 19.2. The molecule has 0 bridgehead atoms. The molecule has 5 aromatic rings. The van der Waals surface area contributed by atoms with E-state index in [-0.39, 0.29) is 97.6 Å². The van der Waals surface area contributed by atoms with Crippen molar-refractivity contribution in [3.8, 4) is 0 Å². The summed E-state index contributed by atoms with van der Waals surface area (Å²) in [6.45, 7) is 12.2. The van der Waals surface area contributed by atoms with Gasteiger partial charge in [-0.25, -0.2) is 49.3 Å². The zero-order valence-corrected chi connectivity index (χ0v) is 46.2. The van der Waals surface area contributed by atoms with Crippen molar-refractivity contribution < 1.29 is 73.0 Å². The fourth-order valence-corrected chi connectivity index (χ4v) is 9.54. The lowest BCUT2D eigenvalue weighted by atomic mass is 9.98. The van der Waals surface area contributed by atoms with E-state index in [0.29, 0.717) is 87.7 Å². The summed E-state index contributed by atoms with van der Waals surface area (Å²) in [4.78, 5) is 70.8. The Balaban J connectivity index is 0.000000198. The predicted octanol–water partition coefficient (Wildman–Crippen LogP) is 5.74. The molecule has 18 nitrogen and oxygen atoms in total. The number of piperidine rings is 1. The molecular weight excluding hydrogens is 1100 g/mol. The van der Waals surface area contributed by atoms with Gasteiger partial charge in [-0.3, -0.25) is 19.2 Å². The Morgan fingerprint density at radius 1 is 0.598 bits per heavy atom. The average molecular weight is 1160 g/mol. The number of imidazole rings is 1. The fourth-order valence-electron chi connectivity index (χ4n) is 9.54. The van der Waals surface area contributed by atoms with Crippen LogP contribution in [0.25, 0.3) is 0 Å². The van der Waals surface area contributed by atoms with E-state index in [4.69, 9.17) is 26.7 Å². The minimum atomic E-state index is -1.28. The molecule has 446 valence electrons. The number of rotatable bonds is 15. The number of hydrogen-bond donors (Lipinski definition) is 3. The molecule has 0 aliphatic carbocycles. The second-order valence-corrected chi connectivity index (χ2v) is 21.2. The van der Waals surface area contributed by atoms with Crippen LogP contribution in [0.2, 0.25) is 0 Å². The van der Waals surface area contributed by atoms with Crippen molar-refractivity contribution in [3.63, 3.8) is 0 Å². The lowest BCUT2D eigenvalue weighted by Gasteiger charge is -2.36. The van der Waals surface area contributed by atoms with Crippen LogP contribution >= 0.6 is 0 Å². The third-order valence-corrected chi connectivity index (χ3v) is 13.8. The van der Waals surface area contributed by atoms with E-state index in [1.54, 1.807) is 11.8 Å². The van der Waals surface area contributed by atoms with Crippen LogP contribution in [0.15, 0.2) is 36.4 Å². The average Bonchev–Trinajstić information content (AvgIpc) is 3.87. The van der Waals surface area contributed by atoms with Crippen LogP contribution in [0.3, 0.4) is 0 Å². The molecule has 6 N–H and O–H groups in total. The third kappa shape index (κ3) is 16.7. The van der Waals surface area contributed by atoms with E-state index in [2.05, 4.69) is 15.2 Å². The van der Waals surface area contributed by atoms with Gasteiger partial charge in [0, 0.05) is 94.7 Å². The number of aromatic nitrogens is 5. The van der Waals surface area contributed by atoms with Crippen LogP contribution < -0.4 is 17.2 Å². The van der Waals surface area contributed by atoms with E-state index < -0.39 is 88.1 Å². The van der Waals surface area contributed by atoms with Gasteiger partial charge in [-0.05, 0) is 95.2 Å². The molecule has 0 saturated carbocycles. The quantitative estimate of drug-likeness (QED) is 0.0645. The van der Waals surface area contributed by atoms with Crippen molar-refractivity contribution in [2.75, 3.05) is 33.4 Å². The van der Waals surface area contributed by atoms with E-state index in [1.807, 2.05) is 36.8 Å². The number of benzene rings is 3. The Morgan fingerprint density at radius 2 is 1.04 bits per heavy atom. The molecule has 82 heavy (non-hydrogen) atoms. The third-order valence-electron chi connectivity index (χ3n) is 13.8. The number of amides is 3. The summed E-state index contributed by atoms with van der Waals surface area (Å²) < 4.78 is 134. The molecular formula is C55H66F9N11O7. The van der Waals surface area contributed by atoms with Gasteiger partial charge in [-0.1, -0.05) is 0 Å². The standard InChI is InChI=1S/C20H27F3N2O3.C19H21F3N4O3.C16H18F3N5O/c1-20(2,3)28-11-17-18(26)5-4-6-25(17)19(27)9-13(24)7-12-8-15(22)16(23)10-14(12)21;1-10-24-18(19(28)29-2)16-9-25(3-4-26(10)16)17(27)7-12(23)5-11-6-14(21)15(22)8-13(11)20;1-9-21-22-15-8-23(2-3-24(9)15)16(25)6-11(20)4-10-5-13(18)14(19)7-12(10)17/h8,10,13,17H,4-7,9,11,24H2,1-3H3;6,8,12H,3-5,7,9,23H2,1-2H3;5,7,11H,2-4,6,8,20H2,1H3/t13-,17-;12-;11-/m111/s1. The number of carbonyl (C=O) groups excluding carboxylic acids is 5. The van der Waals surface area contributed by atoms with Gasteiger partial charge in [0.05, 0.1) is 38.1 Å². The predicted molar refractivity (Wildman–Crippen MR) is 277 cm³/mol. The zero-order valence-electron chi connectivity index (χ0n) is 46.2. The number of nitrogens with two attached hydrogens (primary N) is 3. The highest BCUT2D eigenvalue weighted by Crippen LogP contribution is 2.24. The second-order valence-electron chi connectivity index (χ2n) is 21.2. The molecule has 8 rings (SSSR count). The van der Waals surface area contributed by atoms with Crippen LogP contribution in [0, 0.1) is 66.2 Å². The number of ether oxygens (including phenoxy) is 2. The van der Waals surface area contributed by atoms with Crippen LogP contribution in [-0.4, -0.2) is 132 Å². The molecule has 0 radical (unpaired) electrons. The number of esters is 1. The molecule has 2 aromatic heterocycles. The smallest absolute Gasteiger partial charge is 0.358 e. The fraction of sp³-hybridized carbons (Fsp3) is 0.491. The van der Waals surface area contributed by atoms with Crippen molar-refractivity contribution in [1.82, 2.24) is 39.0 Å². The first kappa shape index (κ1) is 63.9. The lowest BCUT2D eigenvalue weighted by Crippen LogP contribution is -2.53. The van der Waals surface area contributed by atoms with Crippen molar-refractivity contribution in [3.05, 3.63) is 134 Å². The number of fused-ring (bicyclic) bond motifs is 2. The van der Waals surface area contributed by atoms with Gasteiger partial charge in [0.2, 0.25) is 17.7 Å². The summed E-state index contributed by atoms with van der Waals surface area (Å²) in [5.74, 6) is -9.30. The van der Waals surface area contributed by atoms with Crippen LogP contribution in [0.1, 0.15) is 103 Å². The number of aryl methyl sites for hydroxylation is 2. The number of likely N-dealkylation sites (tertiary alicyclic amines) is 1. The maximum absolute atomic E-state index is 13.8. The maximum Gasteiger partial charge on any atom is 0.358 e.